The lowest BCUT2D eigenvalue weighted by atomic mass is 9.93. The monoisotopic (exact) mass is 301 g/mol. The molecule has 0 aliphatic carbocycles. The van der Waals surface area contributed by atoms with Gasteiger partial charge in [-0.15, -0.1) is 0 Å². The van der Waals surface area contributed by atoms with Gasteiger partial charge in [-0.3, -0.25) is 0 Å². The van der Waals surface area contributed by atoms with Crippen LogP contribution in [0, 0.1) is 0 Å². The quantitative estimate of drug-likeness (QED) is 0.565. The molecule has 0 amide bonds. The lowest BCUT2D eigenvalue weighted by Gasteiger charge is -2.22. The van der Waals surface area contributed by atoms with E-state index >= 15 is 0 Å². The average molecular weight is 301 g/mol. The first-order chi connectivity index (χ1) is 10.1. The van der Waals surface area contributed by atoms with Gasteiger partial charge in [-0.1, -0.05) is 59.8 Å². The van der Waals surface area contributed by atoms with Crippen LogP contribution in [0.15, 0.2) is 18.2 Å². The third kappa shape index (κ3) is 5.36. The molecule has 0 fully saturated rings. The molecule has 0 saturated heterocycles. The van der Waals surface area contributed by atoms with E-state index < -0.39 is 0 Å². The summed E-state index contributed by atoms with van der Waals surface area (Å²) in [7, 11) is 0. The lowest BCUT2D eigenvalue weighted by Crippen LogP contribution is -2.24. The van der Waals surface area contributed by atoms with E-state index in [9.17, 15) is 0 Å². The van der Waals surface area contributed by atoms with E-state index in [0.29, 0.717) is 0 Å². The minimum atomic E-state index is -0.0804. The summed E-state index contributed by atoms with van der Waals surface area (Å²) in [4.78, 5) is 14.1. The van der Waals surface area contributed by atoms with Gasteiger partial charge in [0.25, 0.3) is 0 Å². The molecule has 1 aromatic heterocycles. The number of rotatable bonds is 4. The molecule has 1 rings (SSSR count). The zero-order valence-electron chi connectivity index (χ0n) is 15.5. The van der Waals surface area contributed by atoms with Crippen molar-refractivity contribution >= 4 is 5.57 Å². The van der Waals surface area contributed by atoms with Crippen molar-refractivity contribution in [2.24, 2.45) is 0 Å². The highest BCUT2D eigenvalue weighted by Crippen LogP contribution is 2.25. The lowest BCUT2D eigenvalue weighted by molar-refractivity contribution is 0.493. The van der Waals surface area contributed by atoms with E-state index in [1.54, 1.807) is 0 Å². The van der Waals surface area contributed by atoms with E-state index in [4.69, 9.17) is 15.0 Å². The molecule has 0 radical (unpaired) electrons. The van der Waals surface area contributed by atoms with Gasteiger partial charge < -0.3 is 0 Å². The smallest absolute Gasteiger partial charge is 0.158 e. The van der Waals surface area contributed by atoms with Crippen LogP contribution < -0.4 is 0 Å². The first-order valence-corrected chi connectivity index (χ1v) is 8.11. The minimum absolute atomic E-state index is 0.0804. The Morgan fingerprint density at radius 1 is 0.864 bits per heavy atom. The topological polar surface area (TPSA) is 38.7 Å². The Morgan fingerprint density at radius 3 is 1.77 bits per heavy atom. The van der Waals surface area contributed by atoms with Crippen molar-refractivity contribution in [2.45, 2.75) is 79.1 Å². The number of nitrogens with zero attached hydrogens (tertiary/aromatic N) is 3. The van der Waals surface area contributed by atoms with E-state index in [2.05, 4.69) is 66.7 Å². The number of unbranched alkanes of at least 4 members (excludes halogenated alkanes) is 1. The largest absolute Gasteiger partial charge is 0.217 e. The zero-order valence-corrected chi connectivity index (χ0v) is 15.5. The molecule has 3 heteroatoms. The van der Waals surface area contributed by atoms with Crippen LogP contribution in [0.5, 0.6) is 0 Å². The van der Waals surface area contributed by atoms with E-state index in [-0.39, 0.29) is 10.8 Å². The Kier molecular flexibility index (Phi) is 6.04. The molecule has 0 bridgehead atoms. The molecule has 0 saturated carbocycles. The molecule has 22 heavy (non-hydrogen) atoms. The second-order valence-electron chi connectivity index (χ2n) is 7.84. The Bertz CT molecular complexity index is 523. The van der Waals surface area contributed by atoms with Gasteiger partial charge in [-0.05, 0) is 32.3 Å². The second-order valence-corrected chi connectivity index (χ2v) is 7.84. The van der Waals surface area contributed by atoms with Gasteiger partial charge in [0.05, 0.1) is 0 Å². The van der Waals surface area contributed by atoms with Crippen molar-refractivity contribution in [3.8, 4) is 0 Å². The third-order valence-corrected chi connectivity index (χ3v) is 3.35. The molecule has 0 aliphatic rings. The van der Waals surface area contributed by atoms with E-state index in [1.807, 2.05) is 6.92 Å². The summed E-state index contributed by atoms with van der Waals surface area (Å²) in [5, 5.41) is 0. The van der Waals surface area contributed by atoms with Crippen LogP contribution in [-0.4, -0.2) is 15.0 Å². The average Bonchev–Trinajstić information content (AvgIpc) is 2.41. The molecule has 0 spiro atoms. The highest BCUT2D eigenvalue weighted by atomic mass is 15.1. The molecule has 1 aromatic rings. The summed E-state index contributed by atoms with van der Waals surface area (Å²) in [6.07, 6.45) is 8.54. The molecular weight excluding hydrogens is 270 g/mol. The van der Waals surface area contributed by atoms with E-state index in [1.165, 1.54) is 0 Å². The van der Waals surface area contributed by atoms with Gasteiger partial charge >= 0.3 is 0 Å². The maximum absolute atomic E-state index is 4.71. The summed E-state index contributed by atoms with van der Waals surface area (Å²) in [5.74, 6) is 2.54. The fourth-order valence-electron chi connectivity index (χ4n) is 1.88. The SMILES string of the molecule is C/C=C\CC/C=C(\C)c1nc(C(C)(C)C)nc(C(C)(C)C)n1. The molecular formula is C19H31N3. The Hall–Kier alpha value is -1.51. The van der Waals surface area contributed by atoms with Crippen LogP contribution >= 0.6 is 0 Å². The van der Waals surface area contributed by atoms with Crippen LogP contribution in [0.25, 0.3) is 5.57 Å². The van der Waals surface area contributed by atoms with Crippen molar-refractivity contribution < 1.29 is 0 Å². The van der Waals surface area contributed by atoms with Gasteiger partial charge in [0, 0.05) is 10.8 Å². The van der Waals surface area contributed by atoms with Crippen molar-refractivity contribution in [3.05, 3.63) is 35.7 Å². The fourth-order valence-corrected chi connectivity index (χ4v) is 1.88. The molecule has 0 N–H and O–H groups in total. The van der Waals surface area contributed by atoms with Gasteiger partial charge in [0.1, 0.15) is 11.6 Å². The molecule has 0 aliphatic heterocycles. The van der Waals surface area contributed by atoms with Gasteiger partial charge in [-0.2, -0.15) is 0 Å². The Balaban J connectivity index is 3.23. The fraction of sp³-hybridized carbons (Fsp3) is 0.632. The summed E-state index contributed by atoms with van der Waals surface area (Å²) in [6.45, 7) is 17.0. The van der Waals surface area contributed by atoms with Crippen molar-refractivity contribution in [2.75, 3.05) is 0 Å². The first-order valence-electron chi connectivity index (χ1n) is 8.11. The van der Waals surface area contributed by atoms with Gasteiger partial charge in [0.15, 0.2) is 5.82 Å². The van der Waals surface area contributed by atoms with Gasteiger partial charge in [0.2, 0.25) is 0 Å². The molecule has 0 atom stereocenters. The highest BCUT2D eigenvalue weighted by Gasteiger charge is 2.25. The summed E-state index contributed by atoms with van der Waals surface area (Å²) < 4.78 is 0. The Labute approximate surface area is 136 Å². The second kappa shape index (κ2) is 7.17. The predicted molar refractivity (Wildman–Crippen MR) is 94.9 cm³/mol. The number of hydrogen-bond acceptors (Lipinski definition) is 3. The molecule has 122 valence electrons. The summed E-state index contributed by atoms with van der Waals surface area (Å²) in [6, 6.07) is 0. The maximum Gasteiger partial charge on any atom is 0.158 e. The minimum Gasteiger partial charge on any atom is -0.217 e. The third-order valence-electron chi connectivity index (χ3n) is 3.35. The summed E-state index contributed by atoms with van der Waals surface area (Å²) >= 11 is 0. The van der Waals surface area contributed by atoms with Crippen molar-refractivity contribution in [1.29, 1.82) is 0 Å². The predicted octanol–water partition coefficient (Wildman–Crippen LogP) is 5.23. The molecule has 1 heterocycles. The van der Waals surface area contributed by atoms with Crippen molar-refractivity contribution in [3.63, 3.8) is 0 Å². The number of allylic oxidation sites excluding steroid dienone is 4. The highest BCUT2D eigenvalue weighted by molar-refractivity contribution is 5.57. The zero-order chi connectivity index (χ0) is 17.0. The van der Waals surface area contributed by atoms with E-state index in [0.717, 1.165) is 35.9 Å². The maximum atomic E-state index is 4.71. The standard InChI is InChI=1S/C19H31N3/c1-9-10-11-12-13-14(2)15-20-16(18(3,4)5)22-17(21-15)19(6,7)8/h9-10,13H,11-12H2,1-8H3/b10-9-,14-13+. The van der Waals surface area contributed by atoms with Crippen LogP contribution in [-0.2, 0) is 10.8 Å². The molecule has 0 unspecified atom stereocenters. The normalized spacial score (nSPS) is 13.9. The van der Waals surface area contributed by atoms with Crippen LogP contribution in [0.3, 0.4) is 0 Å². The van der Waals surface area contributed by atoms with Gasteiger partial charge in [-0.25, -0.2) is 15.0 Å². The molecule has 0 aromatic carbocycles. The van der Waals surface area contributed by atoms with Crippen LogP contribution in [0.2, 0.25) is 0 Å². The van der Waals surface area contributed by atoms with Crippen LogP contribution in [0.1, 0.15) is 85.7 Å². The molecule has 3 nitrogen and oxygen atoms in total. The number of aromatic nitrogens is 3. The summed E-state index contributed by atoms with van der Waals surface area (Å²) in [5.41, 5.74) is 0.967. The first kappa shape index (κ1) is 18.5. The van der Waals surface area contributed by atoms with Crippen molar-refractivity contribution in [1.82, 2.24) is 15.0 Å². The Morgan fingerprint density at radius 2 is 1.36 bits per heavy atom. The number of hydrogen-bond donors (Lipinski definition) is 0. The van der Waals surface area contributed by atoms with Crippen LogP contribution in [0.4, 0.5) is 0 Å².